The molecular formula is C22H28N2O5S2. The number of rotatable bonds is 8. The summed E-state index contributed by atoms with van der Waals surface area (Å²) in [5.74, 6) is -0.922. The molecule has 0 radical (unpaired) electrons. The molecule has 1 aliphatic carbocycles. The summed E-state index contributed by atoms with van der Waals surface area (Å²) in [6.45, 7) is 3.74. The van der Waals surface area contributed by atoms with Crippen molar-refractivity contribution in [1.82, 2.24) is 0 Å². The second kappa shape index (κ2) is 9.82. The van der Waals surface area contributed by atoms with E-state index in [1.807, 2.05) is 0 Å². The topological polar surface area (TPSA) is 92.8 Å². The summed E-state index contributed by atoms with van der Waals surface area (Å²) in [6, 6.07) is 7.60. The number of nitrogens with one attached hydrogen (secondary N) is 1. The summed E-state index contributed by atoms with van der Waals surface area (Å²) in [6.07, 6.45) is 5.01. The summed E-state index contributed by atoms with van der Waals surface area (Å²) in [5, 5.41) is 3.29. The van der Waals surface area contributed by atoms with E-state index < -0.39 is 27.9 Å². The van der Waals surface area contributed by atoms with Gasteiger partial charge in [-0.25, -0.2) is 13.2 Å². The number of hydrogen-bond acceptors (Lipinski definition) is 6. The maximum absolute atomic E-state index is 13.3. The molecule has 1 N–H and O–H groups in total. The van der Waals surface area contributed by atoms with E-state index in [2.05, 4.69) is 5.32 Å². The zero-order chi connectivity index (χ0) is 22.6. The first kappa shape index (κ1) is 23.3. The van der Waals surface area contributed by atoms with E-state index in [9.17, 15) is 18.0 Å². The van der Waals surface area contributed by atoms with Gasteiger partial charge in [-0.3, -0.25) is 9.10 Å². The number of anilines is 2. The summed E-state index contributed by atoms with van der Waals surface area (Å²) >= 11 is 1.39. The number of hydrogen-bond donors (Lipinski definition) is 1. The number of amides is 1. The Bertz CT molecular complexity index is 1050. The normalized spacial score (nSPS) is 14.4. The molecule has 0 bridgehead atoms. The van der Waals surface area contributed by atoms with Gasteiger partial charge in [-0.1, -0.05) is 25.1 Å². The fourth-order valence-corrected chi connectivity index (χ4v) is 6.40. The summed E-state index contributed by atoms with van der Waals surface area (Å²) in [5.41, 5.74) is 1.78. The van der Waals surface area contributed by atoms with Crippen LogP contribution in [0.15, 0.2) is 30.3 Å². The summed E-state index contributed by atoms with van der Waals surface area (Å²) in [4.78, 5) is 27.0. The highest BCUT2D eigenvalue weighted by atomic mass is 32.2. The molecule has 0 spiro atoms. The summed E-state index contributed by atoms with van der Waals surface area (Å²) in [7, 11) is -3.72. The van der Waals surface area contributed by atoms with Crippen molar-refractivity contribution in [2.24, 2.45) is 0 Å². The molecule has 0 aliphatic heterocycles. The first-order valence-electron chi connectivity index (χ1n) is 10.4. The third-order valence-electron chi connectivity index (χ3n) is 5.23. The average Bonchev–Trinajstić information content (AvgIpc) is 3.09. The molecular weight excluding hydrogens is 436 g/mol. The van der Waals surface area contributed by atoms with Gasteiger partial charge < -0.3 is 10.1 Å². The highest BCUT2D eigenvalue weighted by Gasteiger charge is 2.34. The van der Waals surface area contributed by atoms with E-state index in [0.29, 0.717) is 16.3 Å². The molecule has 1 amide bonds. The lowest BCUT2D eigenvalue weighted by atomic mass is 9.95. The number of ether oxygens (including phenoxy) is 1. The second-order valence-electron chi connectivity index (χ2n) is 7.44. The first-order valence-corrected chi connectivity index (χ1v) is 13.1. The Balaban J connectivity index is 1.97. The lowest BCUT2D eigenvalue weighted by molar-refractivity contribution is -0.117. The van der Waals surface area contributed by atoms with E-state index in [0.717, 1.165) is 46.7 Å². The number of thiophene rings is 1. The van der Waals surface area contributed by atoms with Gasteiger partial charge in [0, 0.05) is 4.88 Å². The predicted molar refractivity (Wildman–Crippen MR) is 123 cm³/mol. The minimum atomic E-state index is -3.72. The van der Waals surface area contributed by atoms with Crippen molar-refractivity contribution in [1.29, 1.82) is 0 Å². The van der Waals surface area contributed by atoms with Gasteiger partial charge in [0.1, 0.15) is 11.0 Å². The number of aryl methyl sites for hydroxylation is 1. The lowest BCUT2D eigenvalue weighted by Crippen LogP contribution is -2.47. The van der Waals surface area contributed by atoms with Crippen LogP contribution in [0.2, 0.25) is 0 Å². The van der Waals surface area contributed by atoms with Gasteiger partial charge in [0.2, 0.25) is 15.9 Å². The largest absolute Gasteiger partial charge is 0.462 e. The zero-order valence-corrected chi connectivity index (χ0v) is 19.6. The van der Waals surface area contributed by atoms with Gasteiger partial charge in [0.05, 0.1) is 24.1 Å². The zero-order valence-electron chi connectivity index (χ0n) is 18.0. The Morgan fingerprint density at radius 1 is 1.16 bits per heavy atom. The van der Waals surface area contributed by atoms with Crippen LogP contribution in [0.25, 0.3) is 0 Å². The third-order valence-corrected chi connectivity index (χ3v) is 7.62. The van der Waals surface area contributed by atoms with Gasteiger partial charge in [-0.15, -0.1) is 11.3 Å². The molecule has 31 heavy (non-hydrogen) atoms. The van der Waals surface area contributed by atoms with Crippen LogP contribution in [-0.2, 0) is 32.4 Å². The Labute approximate surface area is 187 Å². The SMILES string of the molecule is CCOC(=O)c1c(NC(=O)[C@@H](CC)N(c2ccccc2)S(C)(=O)=O)sc2c1CCCC2. The number of carbonyl (C=O) groups excluding carboxylic acids is 2. The average molecular weight is 465 g/mol. The number of sulfonamides is 1. The number of benzene rings is 1. The Kier molecular flexibility index (Phi) is 7.38. The minimum absolute atomic E-state index is 0.240. The molecule has 9 heteroatoms. The summed E-state index contributed by atoms with van der Waals surface area (Å²) < 4.78 is 31.5. The van der Waals surface area contributed by atoms with Crippen LogP contribution >= 0.6 is 11.3 Å². The molecule has 0 saturated heterocycles. The van der Waals surface area contributed by atoms with Crippen molar-refractivity contribution in [2.45, 2.75) is 52.0 Å². The second-order valence-corrected chi connectivity index (χ2v) is 10.4. The Morgan fingerprint density at radius 3 is 2.45 bits per heavy atom. The lowest BCUT2D eigenvalue weighted by Gasteiger charge is -2.30. The van der Waals surface area contributed by atoms with E-state index in [4.69, 9.17) is 4.74 Å². The molecule has 168 valence electrons. The van der Waals surface area contributed by atoms with Crippen molar-refractivity contribution in [3.05, 3.63) is 46.3 Å². The van der Waals surface area contributed by atoms with Crippen LogP contribution in [0.4, 0.5) is 10.7 Å². The number of para-hydroxylation sites is 1. The Morgan fingerprint density at radius 2 is 1.84 bits per heavy atom. The van der Waals surface area contributed by atoms with Crippen molar-refractivity contribution < 1.29 is 22.7 Å². The number of esters is 1. The molecule has 1 aliphatic rings. The maximum Gasteiger partial charge on any atom is 0.341 e. The van der Waals surface area contributed by atoms with Crippen molar-refractivity contribution in [2.75, 3.05) is 22.5 Å². The molecule has 1 atom stereocenters. The quantitative estimate of drug-likeness (QED) is 0.597. The van der Waals surface area contributed by atoms with Crippen LogP contribution in [0.3, 0.4) is 0 Å². The fraction of sp³-hybridized carbons (Fsp3) is 0.455. The third kappa shape index (κ3) is 5.10. The maximum atomic E-state index is 13.3. The predicted octanol–water partition coefficient (Wildman–Crippen LogP) is 3.99. The minimum Gasteiger partial charge on any atom is -0.462 e. The van der Waals surface area contributed by atoms with Gasteiger partial charge >= 0.3 is 5.97 Å². The molecule has 1 aromatic heterocycles. The molecule has 7 nitrogen and oxygen atoms in total. The van der Waals surface area contributed by atoms with Crippen molar-refractivity contribution in [3.63, 3.8) is 0 Å². The molecule has 3 rings (SSSR count). The van der Waals surface area contributed by atoms with Crippen LogP contribution in [0.5, 0.6) is 0 Å². The number of nitrogens with zero attached hydrogens (tertiary/aromatic N) is 1. The molecule has 0 saturated carbocycles. The van der Waals surface area contributed by atoms with Crippen molar-refractivity contribution in [3.8, 4) is 0 Å². The number of carbonyl (C=O) groups is 2. The van der Waals surface area contributed by atoms with E-state index in [1.54, 1.807) is 44.2 Å². The fourth-order valence-electron chi connectivity index (χ4n) is 3.90. The standard InChI is InChI=1S/C22H28N2O5S2/c1-4-17(24(31(3,27)28)15-11-7-6-8-12-15)20(25)23-21-19(22(26)29-5-2)16-13-9-10-14-18(16)30-21/h6-8,11-12,17H,4-5,9-10,13-14H2,1-3H3,(H,23,25)/t17-/m1/s1. The van der Waals surface area contributed by atoms with Gasteiger partial charge in [0.25, 0.3) is 0 Å². The van der Waals surface area contributed by atoms with E-state index in [-0.39, 0.29) is 13.0 Å². The van der Waals surface area contributed by atoms with Crippen LogP contribution < -0.4 is 9.62 Å². The van der Waals surface area contributed by atoms with Gasteiger partial charge in [-0.2, -0.15) is 0 Å². The molecule has 1 aromatic carbocycles. The van der Waals surface area contributed by atoms with Crippen molar-refractivity contribution >= 4 is 43.9 Å². The smallest absolute Gasteiger partial charge is 0.341 e. The highest BCUT2D eigenvalue weighted by molar-refractivity contribution is 7.92. The van der Waals surface area contributed by atoms with E-state index >= 15 is 0 Å². The van der Waals surface area contributed by atoms with Crippen LogP contribution in [0, 0.1) is 0 Å². The Hall–Kier alpha value is -2.39. The molecule has 0 fully saturated rings. The van der Waals surface area contributed by atoms with Crippen LogP contribution in [-0.4, -0.2) is 39.2 Å². The first-order chi connectivity index (χ1) is 14.8. The molecule has 2 aromatic rings. The van der Waals surface area contributed by atoms with Gasteiger partial charge in [0.15, 0.2) is 0 Å². The van der Waals surface area contributed by atoms with Crippen LogP contribution in [0.1, 0.15) is 53.9 Å². The number of fused-ring (bicyclic) bond motifs is 1. The molecule has 1 heterocycles. The molecule has 0 unspecified atom stereocenters. The monoisotopic (exact) mass is 464 g/mol. The van der Waals surface area contributed by atoms with Gasteiger partial charge in [-0.05, 0) is 56.7 Å². The highest BCUT2D eigenvalue weighted by Crippen LogP contribution is 2.39. The van der Waals surface area contributed by atoms with E-state index in [1.165, 1.54) is 11.3 Å².